The number of aromatic nitrogens is 1. The molecule has 0 amide bonds. The Balaban J connectivity index is 1.13. The average molecular weight is 734 g/mol. The summed E-state index contributed by atoms with van der Waals surface area (Å²) in [5.41, 5.74) is 11.0. The summed E-state index contributed by atoms with van der Waals surface area (Å²) in [5.74, 6) is 1.36. The Morgan fingerprint density at radius 1 is 0.464 bits per heavy atom. The summed E-state index contributed by atoms with van der Waals surface area (Å²) in [7, 11) is 0. The fraction of sp³-hybridized carbons (Fsp3) is 0.0196. The van der Waals surface area contributed by atoms with E-state index in [0.29, 0.717) is 11.7 Å². The van der Waals surface area contributed by atoms with Gasteiger partial charge in [0, 0.05) is 42.1 Å². The van der Waals surface area contributed by atoms with Crippen LogP contribution in [0.25, 0.3) is 75.2 Å². The largest absolute Gasteiger partial charge is 0.438 e. The molecule has 10 aromatic rings. The van der Waals surface area contributed by atoms with E-state index in [4.69, 9.17) is 15.3 Å². The first-order valence-electron chi connectivity index (χ1n) is 18.9. The number of rotatable bonds is 6. The molecule has 11 rings (SSSR count). The van der Waals surface area contributed by atoms with Gasteiger partial charge in [-0.05, 0) is 58.1 Å². The van der Waals surface area contributed by atoms with Gasteiger partial charge in [-0.25, -0.2) is 0 Å². The smallest absolute Gasteiger partial charge is 0.0822 e. The molecule has 0 saturated heterocycles. The van der Waals surface area contributed by atoms with E-state index in [0.717, 1.165) is 39.0 Å². The number of aliphatic imine (C=N–C) groups is 2. The molecule has 1 unspecified atom stereocenters. The quantitative estimate of drug-likeness (QED) is 0.163. The van der Waals surface area contributed by atoms with Gasteiger partial charge in [-0.3, -0.25) is 4.99 Å². The SMILES string of the molecule is c1ccc(C2=NC(c3ccc(-n4c5ccccc5c5cccc(-c6ccc7c(c6)sc6ccccc67)c54)c(-c4ccccc4)c3)[N-]C(c3ccccc3)=N2)cc1. The second-order valence-corrected chi connectivity index (χ2v) is 15.2. The molecule has 0 N–H and O–H groups in total. The lowest BCUT2D eigenvalue weighted by atomic mass is 9.98. The van der Waals surface area contributed by atoms with E-state index in [-0.39, 0.29) is 0 Å². The van der Waals surface area contributed by atoms with Crippen molar-refractivity contribution >= 4 is 65.0 Å². The van der Waals surface area contributed by atoms with Crippen molar-refractivity contribution in [1.29, 1.82) is 0 Å². The van der Waals surface area contributed by atoms with Crippen molar-refractivity contribution in [2.24, 2.45) is 9.98 Å². The lowest BCUT2D eigenvalue weighted by Gasteiger charge is -2.33. The van der Waals surface area contributed by atoms with Crippen LogP contribution < -0.4 is 0 Å². The van der Waals surface area contributed by atoms with E-state index in [1.165, 1.54) is 47.6 Å². The monoisotopic (exact) mass is 733 g/mol. The van der Waals surface area contributed by atoms with E-state index in [9.17, 15) is 0 Å². The maximum Gasteiger partial charge on any atom is 0.0822 e. The van der Waals surface area contributed by atoms with E-state index < -0.39 is 6.17 Å². The molecule has 56 heavy (non-hydrogen) atoms. The summed E-state index contributed by atoms with van der Waals surface area (Å²) in [5, 5.41) is 10.2. The standard InChI is InChI=1S/C51H33N4S/c1-4-15-33(16-5-1)43-31-37(51-53-49(34-17-6-2-7-18-34)52-50(54-51)35-19-8-3-9-20-35)28-30-45(43)55-44-25-12-10-21-39(44)42-24-14-23-38(48(42)55)36-27-29-41-40-22-11-13-26-46(40)56-47(41)32-36/h1-32,51H/q-1. The fourth-order valence-corrected chi connectivity index (χ4v) is 9.32. The first-order valence-corrected chi connectivity index (χ1v) is 19.7. The van der Waals surface area contributed by atoms with Crippen molar-refractivity contribution in [2.75, 3.05) is 0 Å². The molecule has 4 nitrogen and oxygen atoms in total. The summed E-state index contributed by atoms with van der Waals surface area (Å²) < 4.78 is 5.07. The highest BCUT2D eigenvalue weighted by molar-refractivity contribution is 7.25. The predicted molar refractivity (Wildman–Crippen MR) is 237 cm³/mol. The molecule has 0 fully saturated rings. The van der Waals surface area contributed by atoms with Crippen molar-refractivity contribution in [3.63, 3.8) is 0 Å². The van der Waals surface area contributed by atoms with Crippen molar-refractivity contribution in [2.45, 2.75) is 6.17 Å². The molecule has 3 heterocycles. The maximum absolute atomic E-state index is 5.18. The highest BCUT2D eigenvalue weighted by Gasteiger charge is 2.21. The Morgan fingerprint density at radius 2 is 1.12 bits per heavy atom. The number of thiophene rings is 1. The van der Waals surface area contributed by atoms with Crippen LogP contribution in [0.4, 0.5) is 0 Å². The van der Waals surface area contributed by atoms with Crippen molar-refractivity contribution in [3.05, 3.63) is 216 Å². The maximum atomic E-state index is 5.18. The molecule has 0 aliphatic carbocycles. The van der Waals surface area contributed by atoms with Crippen LogP contribution in [0, 0.1) is 0 Å². The molecule has 1 atom stereocenters. The molecular formula is C51H33N4S-. The number of benzene rings is 8. The van der Waals surface area contributed by atoms with Crippen LogP contribution in [0.15, 0.2) is 204 Å². The zero-order chi connectivity index (χ0) is 37.0. The molecule has 1 aliphatic heterocycles. The van der Waals surface area contributed by atoms with Gasteiger partial charge < -0.3 is 14.9 Å². The van der Waals surface area contributed by atoms with E-state index in [1.54, 1.807) is 0 Å². The predicted octanol–water partition coefficient (Wildman–Crippen LogP) is 13.8. The second-order valence-electron chi connectivity index (χ2n) is 14.1. The van der Waals surface area contributed by atoms with Gasteiger partial charge in [0.1, 0.15) is 0 Å². The van der Waals surface area contributed by atoms with Crippen molar-refractivity contribution in [1.82, 2.24) is 4.57 Å². The second kappa shape index (κ2) is 13.3. The van der Waals surface area contributed by atoms with Crippen molar-refractivity contribution < 1.29 is 0 Å². The Morgan fingerprint density at radius 3 is 1.93 bits per heavy atom. The first kappa shape index (κ1) is 32.4. The topological polar surface area (TPSA) is 43.8 Å². The highest BCUT2D eigenvalue weighted by Crippen LogP contribution is 2.44. The molecule has 1 aliphatic rings. The number of nitrogens with zero attached hydrogens (tertiary/aromatic N) is 4. The first-order chi connectivity index (χ1) is 27.8. The van der Waals surface area contributed by atoms with Crippen LogP contribution in [-0.4, -0.2) is 16.2 Å². The number of hydrogen-bond donors (Lipinski definition) is 0. The Bertz CT molecular complexity index is 3160. The minimum absolute atomic E-state index is 0.476. The summed E-state index contributed by atoms with van der Waals surface area (Å²) >= 11 is 1.86. The molecule has 2 aromatic heterocycles. The Hall–Kier alpha value is -7.08. The summed E-state index contributed by atoms with van der Waals surface area (Å²) in [6.07, 6.45) is -0.476. The van der Waals surface area contributed by atoms with Gasteiger partial charge >= 0.3 is 0 Å². The lowest BCUT2D eigenvalue weighted by Crippen LogP contribution is -2.16. The van der Waals surface area contributed by atoms with E-state index in [1.807, 2.05) is 47.7 Å². The zero-order valence-corrected chi connectivity index (χ0v) is 31.1. The Kier molecular flexibility index (Phi) is 7.71. The van der Waals surface area contributed by atoms with Gasteiger partial charge in [-0.15, -0.1) is 11.3 Å². The molecule has 264 valence electrons. The summed E-state index contributed by atoms with van der Waals surface area (Å²) in [6.45, 7) is 0. The van der Waals surface area contributed by atoms with Gasteiger partial charge in [-0.1, -0.05) is 170 Å². The van der Waals surface area contributed by atoms with Gasteiger partial charge in [0.15, 0.2) is 0 Å². The van der Waals surface area contributed by atoms with Crippen LogP contribution in [-0.2, 0) is 0 Å². The normalized spacial score (nSPS) is 14.2. The number of para-hydroxylation sites is 2. The Labute approximate surface area is 328 Å². The number of fused-ring (bicyclic) bond motifs is 6. The van der Waals surface area contributed by atoms with Crippen LogP contribution in [0.3, 0.4) is 0 Å². The third kappa shape index (κ3) is 5.44. The van der Waals surface area contributed by atoms with E-state index in [2.05, 4.69) is 162 Å². The zero-order valence-electron chi connectivity index (χ0n) is 30.2. The van der Waals surface area contributed by atoms with Crippen molar-refractivity contribution in [3.8, 4) is 27.9 Å². The summed E-state index contributed by atoms with van der Waals surface area (Å²) in [6, 6.07) is 69.0. The van der Waals surface area contributed by atoms with Crippen LogP contribution >= 0.6 is 11.3 Å². The fourth-order valence-electron chi connectivity index (χ4n) is 8.17. The lowest BCUT2D eigenvalue weighted by molar-refractivity contribution is 0.877. The van der Waals surface area contributed by atoms with Gasteiger partial charge in [0.05, 0.1) is 28.7 Å². The van der Waals surface area contributed by atoms with Gasteiger partial charge in [0.25, 0.3) is 0 Å². The van der Waals surface area contributed by atoms with Gasteiger partial charge in [0.2, 0.25) is 0 Å². The third-order valence-electron chi connectivity index (χ3n) is 10.8. The third-order valence-corrected chi connectivity index (χ3v) is 11.9. The number of hydrogen-bond acceptors (Lipinski definition) is 3. The minimum Gasteiger partial charge on any atom is -0.438 e. The average Bonchev–Trinajstić information content (AvgIpc) is 3.82. The van der Waals surface area contributed by atoms with Crippen LogP contribution in [0.2, 0.25) is 0 Å². The number of amidine groups is 2. The van der Waals surface area contributed by atoms with Gasteiger partial charge in [-0.2, -0.15) is 0 Å². The molecule has 5 heteroatoms. The van der Waals surface area contributed by atoms with Crippen LogP contribution in [0.1, 0.15) is 22.9 Å². The van der Waals surface area contributed by atoms with Crippen LogP contribution in [0.5, 0.6) is 0 Å². The molecule has 8 aromatic carbocycles. The summed E-state index contributed by atoms with van der Waals surface area (Å²) in [4.78, 5) is 10.1. The molecule has 0 radical (unpaired) electrons. The highest BCUT2D eigenvalue weighted by atomic mass is 32.1. The molecule has 0 bridgehead atoms. The molecular weight excluding hydrogens is 701 g/mol. The molecule has 0 saturated carbocycles. The molecule has 0 spiro atoms. The van der Waals surface area contributed by atoms with E-state index >= 15 is 0 Å². The minimum atomic E-state index is -0.476.